The average Bonchev–Trinajstić information content (AvgIpc) is 3.05. The summed E-state index contributed by atoms with van der Waals surface area (Å²) in [5.41, 5.74) is 0. The summed E-state index contributed by atoms with van der Waals surface area (Å²) in [6.07, 6.45) is 2.07. The Morgan fingerprint density at radius 1 is 1.41 bits per heavy atom. The van der Waals surface area contributed by atoms with Crippen molar-refractivity contribution in [2.45, 2.75) is 32.9 Å². The molecule has 0 radical (unpaired) electrons. The Labute approximate surface area is 128 Å². The lowest BCUT2D eigenvalue weighted by Crippen LogP contribution is -2.42. The zero-order valence-corrected chi connectivity index (χ0v) is 12.9. The highest BCUT2D eigenvalue weighted by atomic mass is 16.2. The predicted octanol–water partition coefficient (Wildman–Crippen LogP) is -0.241. The first-order chi connectivity index (χ1) is 10.5. The number of carbonyl (C=O) groups is 3. The lowest BCUT2D eigenvalue weighted by Gasteiger charge is -2.19. The number of carbonyl (C=O) groups excluding carboxylic acids is 3. The molecule has 1 atom stereocenters. The summed E-state index contributed by atoms with van der Waals surface area (Å²) in [6.45, 7) is 4.23. The van der Waals surface area contributed by atoms with Crippen LogP contribution in [0.2, 0.25) is 0 Å². The van der Waals surface area contributed by atoms with Crippen LogP contribution in [0.5, 0.6) is 0 Å². The van der Waals surface area contributed by atoms with E-state index in [0.29, 0.717) is 18.8 Å². The minimum atomic E-state index is -0.454. The number of nitrogens with one attached hydrogen (secondary N) is 1. The van der Waals surface area contributed by atoms with Crippen LogP contribution in [0.4, 0.5) is 4.79 Å². The van der Waals surface area contributed by atoms with Gasteiger partial charge in [-0.15, -0.1) is 0 Å². The number of nitrogens with zero attached hydrogens (tertiary/aromatic N) is 5. The number of urea groups is 1. The minimum Gasteiger partial charge on any atom is -0.345 e. The number of aryl methyl sites for hydroxylation is 1. The van der Waals surface area contributed by atoms with E-state index >= 15 is 0 Å². The molecule has 0 unspecified atom stereocenters. The first-order valence-electron chi connectivity index (χ1n) is 7.20. The maximum Gasteiger partial charge on any atom is 0.327 e. The van der Waals surface area contributed by atoms with Crippen molar-refractivity contribution in [1.82, 2.24) is 29.9 Å². The number of aromatic nitrogens is 3. The first kappa shape index (κ1) is 15.9. The molecule has 120 valence electrons. The summed E-state index contributed by atoms with van der Waals surface area (Å²) in [4.78, 5) is 42.0. The van der Waals surface area contributed by atoms with Gasteiger partial charge >= 0.3 is 6.03 Å². The fourth-order valence-electron chi connectivity index (χ4n) is 2.34. The van der Waals surface area contributed by atoms with Gasteiger partial charge in [0, 0.05) is 13.6 Å². The van der Waals surface area contributed by atoms with Crippen molar-refractivity contribution in [2.24, 2.45) is 0 Å². The molecule has 0 spiro atoms. The molecule has 22 heavy (non-hydrogen) atoms. The number of hydrogen-bond acceptors (Lipinski definition) is 5. The van der Waals surface area contributed by atoms with E-state index in [4.69, 9.17) is 0 Å². The van der Waals surface area contributed by atoms with Gasteiger partial charge in [0.15, 0.2) is 0 Å². The number of hydrogen-bond donors (Lipinski definition) is 1. The molecule has 1 N–H and O–H groups in total. The van der Waals surface area contributed by atoms with Gasteiger partial charge in [-0.05, 0) is 13.3 Å². The highest BCUT2D eigenvalue weighted by molar-refractivity contribution is 6.04. The molecule has 2 heterocycles. The third kappa shape index (κ3) is 3.07. The topological polar surface area (TPSA) is 100 Å². The standard InChI is InChI=1S/C13H20N6O3/c1-4-9(12-14-8-15-19(12)5-2)16-10(20)6-18-11(21)7-17(3)13(18)22/h8-9H,4-7H2,1-3H3,(H,16,20)/t9-/m1/s1. The van der Waals surface area contributed by atoms with Crippen LogP contribution in [-0.4, -0.2) is 62.5 Å². The quantitative estimate of drug-likeness (QED) is 0.731. The Bertz CT molecular complexity index is 584. The second kappa shape index (κ2) is 6.54. The van der Waals surface area contributed by atoms with Crippen molar-refractivity contribution in [3.63, 3.8) is 0 Å². The van der Waals surface area contributed by atoms with Crippen LogP contribution in [0, 0.1) is 0 Å². The largest absolute Gasteiger partial charge is 0.345 e. The van der Waals surface area contributed by atoms with E-state index in [1.807, 2.05) is 13.8 Å². The normalized spacial score (nSPS) is 16.3. The van der Waals surface area contributed by atoms with Gasteiger partial charge in [-0.25, -0.2) is 14.5 Å². The van der Waals surface area contributed by atoms with E-state index in [1.165, 1.54) is 18.3 Å². The average molecular weight is 308 g/mol. The van der Waals surface area contributed by atoms with Gasteiger partial charge in [0.05, 0.1) is 6.04 Å². The zero-order valence-electron chi connectivity index (χ0n) is 12.9. The molecule has 9 nitrogen and oxygen atoms in total. The fraction of sp³-hybridized carbons (Fsp3) is 0.615. The smallest absolute Gasteiger partial charge is 0.327 e. The van der Waals surface area contributed by atoms with Gasteiger partial charge in [-0.1, -0.05) is 6.92 Å². The van der Waals surface area contributed by atoms with Gasteiger partial charge in [0.2, 0.25) is 5.91 Å². The molecule has 1 aromatic rings. The van der Waals surface area contributed by atoms with Gasteiger partial charge in [-0.3, -0.25) is 14.5 Å². The summed E-state index contributed by atoms with van der Waals surface area (Å²) in [5.74, 6) is -0.100. The Morgan fingerprint density at radius 3 is 2.68 bits per heavy atom. The van der Waals surface area contributed by atoms with Crippen molar-refractivity contribution in [3.05, 3.63) is 12.2 Å². The molecular weight excluding hydrogens is 288 g/mol. The minimum absolute atomic E-state index is 0.00742. The third-order valence-electron chi connectivity index (χ3n) is 3.53. The highest BCUT2D eigenvalue weighted by Crippen LogP contribution is 2.14. The summed E-state index contributed by atoms with van der Waals surface area (Å²) in [7, 11) is 1.52. The van der Waals surface area contributed by atoms with E-state index in [0.717, 1.165) is 4.90 Å². The van der Waals surface area contributed by atoms with Crippen LogP contribution in [-0.2, 0) is 16.1 Å². The Morgan fingerprint density at radius 2 is 2.14 bits per heavy atom. The lowest BCUT2D eigenvalue weighted by atomic mass is 10.2. The molecule has 2 rings (SSSR count). The summed E-state index contributed by atoms with van der Waals surface area (Å²) in [5, 5.41) is 6.88. The molecule has 1 fully saturated rings. The van der Waals surface area contributed by atoms with Gasteiger partial charge in [0.25, 0.3) is 5.91 Å². The van der Waals surface area contributed by atoms with Crippen LogP contribution in [0.15, 0.2) is 6.33 Å². The predicted molar refractivity (Wildman–Crippen MR) is 76.6 cm³/mol. The molecule has 1 aliphatic heterocycles. The number of amides is 4. The molecule has 1 saturated heterocycles. The van der Waals surface area contributed by atoms with Crippen LogP contribution >= 0.6 is 0 Å². The van der Waals surface area contributed by atoms with Gasteiger partial charge in [0.1, 0.15) is 25.2 Å². The lowest BCUT2D eigenvalue weighted by molar-refractivity contribution is -0.131. The van der Waals surface area contributed by atoms with E-state index in [9.17, 15) is 14.4 Å². The fourth-order valence-corrected chi connectivity index (χ4v) is 2.34. The van der Waals surface area contributed by atoms with Crippen molar-refractivity contribution in [1.29, 1.82) is 0 Å². The first-order valence-corrected chi connectivity index (χ1v) is 7.20. The second-order valence-electron chi connectivity index (χ2n) is 5.08. The van der Waals surface area contributed by atoms with Gasteiger partial charge in [-0.2, -0.15) is 5.10 Å². The summed E-state index contributed by atoms with van der Waals surface area (Å²) in [6, 6.07) is -0.759. The number of imide groups is 1. The monoisotopic (exact) mass is 308 g/mol. The van der Waals surface area contributed by atoms with Crippen molar-refractivity contribution in [2.75, 3.05) is 20.1 Å². The summed E-state index contributed by atoms with van der Waals surface area (Å²) < 4.78 is 1.70. The number of rotatable bonds is 6. The van der Waals surface area contributed by atoms with Crippen molar-refractivity contribution in [3.8, 4) is 0 Å². The van der Waals surface area contributed by atoms with E-state index < -0.39 is 11.9 Å². The van der Waals surface area contributed by atoms with E-state index in [-0.39, 0.29) is 25.0 Å². The van der Waals surface area contributed by atoms with Crippen LogP contribution < -0.4 is 5.32 Å². The van der Waals surface area contributed by atoms with Crippen LogP contribution in [0.3, 0.4) is 0 Å². The molecule has 0 bridgehead atoms. The summed E-state index contributed by atoms with van der Waals surface area (Å²) >= 11 is 0. The zero-order chi connectivity index (χ0) is 16.3. The Balaban J connectivity index is 2.01. The second-order valence-corrected chi connectivity index (χ2v) is 5.08. The van der Waals surface area contributed by atoms with Crippen molar-refractivity contribution < 1.29 is 14.4 Å². The molecule has 4 amide bonds. The molecule has 1 aromatic heterocycles. The van der Waals surface area contributed by atoms with Crippen LogP contribution in [0.1, 0.15) is 32.1 Å². The number of likely N-dealkylation sites (N-methyl/N-ethyl adjacent to an activating group) is 1. The molecule has 0 saturated carbocycles. The molecule has 9 heteroatoms. The maximum absolute atomic E-state index is 12.1. The molecule has 0 aromatic carbocycles. The highest BCUT2D eigenvalue weighted by Gasteiger charge is 2.35. The third-order valence-corrected chi connectivity index (χ3v) is 3.53. The van der Waals surface area contributed by atoms with Gasteiger partial charge < -0.3 is 10.2 Å². The SMILES string of the molecule is CC[C@@H](NC(=O)CN1C(=O)CN(C)C1=O)c1ncnn1CC. The molecule has 1 aliphatic rings. The molecule has 0 aliphatic carbocycles. The van der Waals surface area contributed by atoms with Crippen LogP contribution in [0.25, 0.3) is 0 Å². The Hall–Kier alpha value is -2.45. The maximum atomic E-state index is 12.1. The van der Waals surface area contributed by atoms with Crippen molar-refractivity contribution >= 4 is 17.8 Å². The van der Waals surface area contributed by atoms with E-state index in [2.05, 4.69) is 15.4 Å². The molecular formula is C13H20N6O3. The Kier molecular flexibility index (Phi) is 4.74. The van der Waals surface area contributed by atoms with E-state index in [1.54, 1.807) is 4.68 Å².